The van der Waals surface area contributed by atoms with Gasteiger partial charge in [0.25, 0.3) is 0 Å². The number of nitrogens with one attached hydrogen (secondary N) is 1. The van der Waals surface area contributed by atoms with E-state index in [4.69, 9.17) is 21.1 Å². The summed E-state index contributed by atoms with van der Waals surface area (Å²) in [5.74, 6) is -0.0257. The fourth-order valence-electron chi connectivity index (χ4n) is 2.84. The zero-order valence-corrected chi connectivity index (χ0v) is 14.4. The smallest absolute Gasteiger partial charge is 0.197 e. The van der Waals surface area contributed by atoms with E-state index >= 15 is 4.39 Å². The van der Waals surface area contributed by atoms with Crippen molar-refractivity contribution in [2.45, 2.75) is 19.4 Å². The van der Waals surface area contributed by atoms with Crippen molar-refractivity contribution in [2.75, 3.05) is 14.2 Å². The maximum absolute atomic E-state index is 15.2. The van der Waals surface area contributed by atoms with Gasteiger partial charge in [-0.3, -0.25) is 0 Å². The second kappa shape index (κ2) is 6.69. The maximum atomic E-state index is 15.2. The number of benzene rings is 2. The van der Waals surface area contributed by atoms with Crippen LogP contribution in [-0.2, 0) is 6.42 Å². The topological polar surface area (TPSA) is 42.9 Å². The average Bonchev–Trinajstić information content (AvgIpc) is 2.74. The lowest BCUT2D eigenvalue weighted by Gasteiger charge is -2.16. The number of fused-ring (bicyclic) bond motifs is 1. The number of nitrogens with zero attached hydrogens (tertiary/aromatic N) is 1. The predicted octanol–water partition coefficient (Wildman–Crippen LogP) is 3.78. The first-order valence-corrected chi connectivity index (χ1v) is 7.95. The Hall–Kier alpha value is -2.27. The van der Waals surface area contributed by atoms with E-state index < -0.39 is 5.82 Å². The number of rotatable bonds is 3. The number of hydrogen-bond donors (Lipinski definition) is 1. The molecule has 0 radical (unpaired) electrons. The second-order valence-corrected chi connectivity index (χ2v) is 6.10. The van der Waals surface area contributed by atoms with Gasteiger partial charge in [-0.15, -0.1) is 0 Å². The molecular formula is C18H18ClFN2O2. The first kappa shape index (κ1) is 16.6. The number of methoxy groups -OCH3 is 2. The minimum Gasteiger partial charge on any atom is -0.493 e. The highest BCUT2D eigenvalue weighted by atomic mass is 35.5. The van der Waals surface area contributed by atoms with Crippen LogP contribution in [0.5, 0.6) is 11.5 Å². The maximum Gasteiger partial charge on any atom is 0.197 e. The van der Waals surface area contributed by atoms with Gasteiger partial charge in [-0.05, 0) is 37.1 Å². The van der Waals surface area contributed by atoms with Gasteiger partial charge >= 0.3 is 0 Å². The lowest BCUT2D eigenvalue weighted by molar-refractivity contribution is 0.336. The molecule has 0 aromatic heterocycles. The van der Waals surface area contributed by atoms with Gasteiger partial charge in [-0.25, -0.2) is 4.39 Å². The van der Waals surface area contributed by atoms with E-state index in [1.165, 1.54) is 14.2 Å². The van der Waals surface area contributed by atoms with Gasteiger partial charge in [0.2, 0.25) is 0 Å². The van der Waals surface area contributed by atoms with Crippen LogP contribution in [0.3, 0.4) is 0 Å². The number of hydrazone groups is 1. The van der Waals surface area contributed by atoms with Crippen molar-refractivity contribution >= 4 is 17.3 Å². The van der Waals surface area contributed by atoms with Gasteiger partial charge in [0, 0.05) is 22.2 Å². The van der Waals surface area contributed by atoms with Crippen LogP contribution in [0.25, 0.3) is 0 Å². The molecule has 4 nitrogen and oxygen atoms in total. The summed E-state index contributed by atoms with van der Waals surface area (Å²) in [7, 11) is 2.92. The first-order chi connectivity index (χ1) is 11.5. The Morgan fingerprint density at radius 2 is 1.92 bits per heavy atom. The van der Waals surface area contributed by atoms with Crippen molar-refractivity contribution in [1.29, 1.82) is 0 Å². The molecule has 3 rings (SSSR count). The van der Waals surface area contributed by atoms with Crippen LogP contribution in [0.15, 0.2) is 35.4 Å². The molecule has 6 heteroatoms. The summed E-state index contributed by atoms with van der Waals surface area (Å²) in [6.07, 6.45) is 0.618. The second-order valence-electron chi connectivity index (χ2n) is 5.66. The van der Waals surface area contributed by atoms with Crippen molar-refractivity contribution in [3.8, 4) is 11.5 Å². The van der Waals surface area contributed by atoms with Gasteiger partial charge < -0.3 is 14.9 Å². The summed E-state index contributed by atoms with van der Waals surface area (Å²) in [6.45, 7) is 1.99. The third kappa shape index (κ3) is 2.91. The molecule has 24 heavy (non-hydrogen) atoms. The van der Waals surface area contributed by atoms with Crippen LogP contribution in [0.1, 0.15) is 23.6 Å². The van der Waals surface area contributed by atoms with Crippen molar-refractivity contribution in [1.82, 2.24) is 5.43 Å². The normalized spacial score (nSPS) is 16.5. The van der Waals surface area contributed by atoms with E-state index in [2.05, 4.69) is 10.5 Å². The summed E-state index contributed by atoms with van der Waals surface area (Å²) in [5, 5.41) is 5.04. The van der Waals surface area contributed by atoms with Gasteiger partial charge in [-0.1, -0.05) is 23.7 Å². The van der Waals surface area contributed by atoms with E-state index in [0.717, 1.165) is 11.1 Å². The van der Waals surface area contributed by atoms with E-state index in [1.807, 2.05) is 25.1 Å². The summed E-state index contributed by atoms with van der Waals surface area (Å²) < 4.78 is 25.7. The highest BCUT2D eigenvalue weighted by molar-refractivity contribution is 6.30. The summed E-state index contributed by atoms with van der Waals surface area (Å²) in [5.41, 5.74) is 5.59. The average molecular weight is 349 g/mol. The van der Waals surface area contributed by atoms with Crippen LogP contribution >= 0.6 is 11.6 Å². The van der Waals surface area contributed by atoms with Crippen LogP contribution in [0.4, 0.5) is 4.39 Å². The Bertz CT molecular complexity index is 791. The molecule has 1 heterocycles. The largest absolute Gasteiger partial charge is 0.493 e. The van der Waals surface area contributed by atoms with E-state index in [0.29, 0.717) is 28.5 Å². The third-order valence-corrected chi connectivity index (χ3v) is 4.22. The molecule has 1 atom stereocenters. The Morgan fingerprint density at radius 3 is 2.54 bits per heavy atom. The first-order valence-electron chi connectivity index (χ1n) is 7.58. The third-order valence-electron chi connectivity index (χ3n) is 3.97. The van der Waals surface area contributed by atoms with Crippen molar-refractivity contribution in [3.05, 3.63) is 57.9 Å². The fourth-order valence-corrected chi connectivity index (χ4v) is 2.97. The molecule has 0 saturated carbocycles. The zero-order valence-electron chi connectivity index (χ0n) is 13.7. The molecule has 0 saturated heterocycles. The Morgan fingerprint density at radius 1 is 1.21 bits per heavy atom. The number of halogens is 2. The molecule has 0 aliphatic carbocycles. The molecule has 0 bridgehead atoms. The predicted molar refractivity (Wildman–Crippen MR) is 92.9 cm³/mol. The monoisotopic (exact) mass is 348 g/mol. The van der Waals surface area contributed by atoms with E-state index in [1.54, 1.807) is 12.1 Å². The molecule has 0 fully saturated rings. The highest BCUT2D eigenvalue weighted by Gasteiger charge is 2.27. The molecule has 126 valence electrons. The molecule has 2 aromatic carbocycles. The molecule has 1 aliphatic heterocycles. The zero-order chi connectivity index (χ0) is 17.3. The number of ether oxygens (including phenoxy) is 2. The quantitative estimate of drug-likeness (QED) is 0.917. The minimum atomic E-state index is -0.476. The SMILES string of the molecule is COc1cc2c(c(F)c1OC)C(c1ccc(Cl)cc1)=NNC(C)C2. The van der Waals surface area contributed by atoms with Gasteiger partial charge in [-0.2, -0.15) is 5.10 Å². The van der Waals surface area contributed by atoms with Crippen LogP contribution in [0.2, 0.25) is 5.02 Å². The lowest BCUT2D eigenvalue weighted by atomic mass is 9.93. The summed E-state index contributed by atoms with van der Waals surface area (Å²) in [6, 6.07) is 9.02. The molecule has 2 aromatic rings. The van der Waals surface area contributed by atoms with E-state index in [9.17, 15) is 0 Å². The summed E-state index contributed by atoms with van der Waals surface area (Å²) >= 11 is 5.96. The molecule has 0 spiro atoms. The fraction of sp³-hybridized carbons (Fsp3) is 0.278. The van der Waals surface area contributed by atoms with Crippen molar-refractivity contribution in [2.24, 2.45) is 5.10 Å². The van der Waals surface area contributed by atoms with E-state index in [-0.39, 0.29) is 11.8 Å². The molecule has 1 unspecified atom stereocenters. The van der Waals surface area contributed by atoms with Crippen LogP contribution < -0.4 is 14.9 Å². The van der Waals surface area contributed by atoms with Gasteiger partial charge in [0.05, 0.1) is 14.2 Å². The van der Waals surface area contributed by atoms with Gasteiger partial charge in [0.1, 0.15) is 5.71 Å². The number of hydrogen-bond acceptors (Lipinski definition) is 4. The molecule has 0 amide bonds. The van der Waals surface area contributed by atoms with Crippen LogP contribution in [-0.4, -0.2) is 26.0 Å². The molecule has 1 N–H and O–H groups in total. The minimum absolute atomic E-state index is 0.0612. The van der Waals surface area contributed by atoms with Gasteiger partial charge in [0.15, 0.2) is 17.3 Å². The lowest BCUT2D eigenvalue weighted by Crippen LogP contribution is -2.21. The Labute approximate surface area is 145 Å². The van der Waals surface area contributed by atoms with Crippen LogP contribution in [0, 0.1) is 5.82 Å². The molecular weight excluding hydrogens is 331 g/mol. The van der Waals surface area contributed by atoms with Crippen molar-refractivity contribution in [3.63, 3.8) is 0 Å². The standard InChI is InChI=1S/C18H18ClFN2O2/c1-10-8-12-9-14(23-2)18(24-3)16(20)15(12)17(22-21-10)11-4-6-13(19)7-5-11/h4-7,9-10,21H,8H2,1-3H3. The molecule has 1 aliphatic rings. The Balaban J connectivity index is 2.25. The van der Waals surface area contributed by atoms with Crippen molar-refractivity contribution < 1.29 is 13.9 Å². The highest BCUT2D eigenvalue weighted by Crippen LogP contribution is 2.37. The Kier molecular flexibility index (Phi) is 4.62. The summed E-state index contributed by atoms with van der Waals surface area (Å²) in [4.78, 5) is 0.